The summed E-state index contributed by atoms with van der Waals surface area (Å²) in [7, 11) is -11.3. The summed E-state index contributed by atoms with van der Waals surface area (Å²) in [4.78, 5) is 99.4. The van der Waals surface area contributed by atoms with E-state index < -0.39 is 100 Å². The fraction of sp³-hybridized carbons (Fsp3) is 0.494. The Balaban J connectivity index is 0.635. The van der Waals surface area contributed by atoms with E-state index in [4.69, 9.17) is 11.6 Å². The van der Waals surface area contributed by atoms with Crippen LogP contribution in [0.25, 0.3) is 16.0 Å². The zero-order valence-electron chi connectivity index (χ0n) is 63.7. The molecule has 0 bridgehead atoms. The number of aromatic nitrogens is 1. The number of sulfonamides is 1. The molecule has 6 aromatic rings. The van der Waals surface area contributed by atoms with Gasteiger partial charge in [-0.25, -0.2) is 26.5 Å². The first-order chi connectivity index (χ1) is 52.6. The zero-order valence-corrected chi connectivity index (χ0v) is 67.7. The molecule has 6 aliphatic rings. The third-order valence-electron chi connectivity index (χ3n) is 22.0. The van der Waals surface area contributed by atoms with Crippen molar-refractivity contribution in [1.29, 1.82) is 0 Å². The van der Waals surface area contributed by atoms with Crippen LogP contribution in [-0.2, 0) is 43.8 Å². The Kier molecular flexibility index (Phi) is 25.6. The summed E-state index contributed by atoms with van der Waals surface area (Å²) in [5.74, 6) is -2.37. The number of thiazole rings is 1. The number of anilines is 3. The van der Waals surface area contributed by atoms with Crippen LogP contribution in [0.4, 0.5) is 30.2 Å². The number of rotatable bonds is 28. The number of aryl methyl sites for hydroxylation is 1. The van der Waals surface area contributed by atoms with Crippen LogP contribution in [0.15, 0.2) is 141 Å². The molecule has 1 unspecified atom stereocenters. The highest BCUT2D eigenvalue weighted by Crippen LogP contribution is 2.47. The second-order valence-electron chi connectivity index (χ2n) is 32.0. The Morgan fingerprint density at radius 3 is 2.17 bits per heavy atom. The lowest BCUT2D eigenvalue weighted by Gasteiger charge is -2.49. The smallest absolute Gasteiger partial charge is 0.391 e. The molecule has 2 aliphatic carbocycles. The van der Waals surface area contributed by atoms with Crippen LogP contribution in [0.2, 0.25) is 5.02 Å². The lowest BCUT2D eigenvalue weighted by Crippen LogP contribution is -2.63. The van der Waals surface area contributed by atoms with E-state index in [-0.39, 0.29) is 72.7 Å². The number of carbonyl (C=O) groups excluding carboxylic acids is 6. The van der Waals surface area contributed by atoms with Crippen LogP contribution >= 0.6 is 34.7 Å². The molecule has 30 heteroatoms. The number of β-amino-alcohol motifs (C(OH)–C–C–N with tert-alkyl or cyclic N) is 1. The number of thioether (sulfide) groups is 1. The SMILES string of the molecule is Cc1ncsc1-c1ccc([C@H](C)NC(=O)[C@@H]2C[C@@H](O)CN2C(=O)[C@@H](NC(=O)CCCCCC(=O)N2CCN(CC[C@H](CSc3ccccc3)Nc3ccc(S(=O)(=O)NC(=O)c4ccc5c(c4)N(C4CC4)C(=O)C4CN(CC6=C(c7ccc(Cl)cc7)CCC(C)(C)C6)CCN54)cc3S(=O)(=O)C(F)(F)F)CC2)C(C)(C)C)cc1. The van der Waals surface area contributed by atoms with Gasteiger partial charge in [0, 0.05) is 118 Å². The van der Waals surface area contributed by atoms with E-state index in [0.717, 1.165) is 76.4 Å². The van der Waals surface area contributed by atoms with Crippen molar-refractivity contribution in [3.63, 3.8) is 0 Å². The molecule has 6 atom stereocenters. The number of sulfone groups is 1. The molecule has 5 aromatic carbocycles. The molecule has 5 heterocycles. The molecule has 0 radical (unpaired) electrons. The van der Waals surface area contributed by atoms with Crippen LogP contribution in [0.1, 0.15) is 152 Å². The highest BCUT2D eigenvalue weighted by molar-refractivity contribution is 7.99. The number of amides is 6. The molecule has 111 heavy (non-hydrogen) atoms. The number of nitrogens with zero attached hydrogens (tertiary/aromatic N) is 7. The normalized spacial score (nSPS) is 20.1. The van der Waals surface area contributed by atoms with Crippen molar-refractivity contribution in [2.75, 3.05) is 86.3 Å². The number of unbranched alkanes of at least 4 members (excludes halogenated alkanes) is 2. The van der Waals surface area contributed by atoms with Crippen molar-refractivity contribution >= 4 is 113 Å². The quantitative estimate of drug-likeness (QED) is 0.0226. The fourth-order valence-electron chi connectivity index (χ4n) is 15.6. The number of fused-ring (bicyclic) bond motifs is 3. The van der Waals surface area contributed by atoms with Gasteiger partial charge in [-0.2, -0.15) is 13.2 Å². The third-order valence-corrected chi connectivity index (χ3v) is 27.3. The van der Waals surface area contributed by atoms with E-state index in [9.17, 15) is 63.9 Å². The average molecular weight is 1620 g/mol. The molecule has 0 spiro atoms. The lowest BCUT2D eigenvalue weighted by atomic mass is 9.72. The molecule has 12 rings (SSSR count). The monoisotopic (exact) mass is 1620 g/mol. The Morgan fingerprint density at radius 2 is 1.50 bits per heavy atom. The predicted molar refractivity (Wildman–Crippen MR) is 427 cm³/mol. The van der Waals surface area contributed by atoms with Crippen LogP contribution < -0.4 is 30.5 Å². The molecule has 6 amide bonds. The summed E-state index contributed by atoms with van der Waals surface area (Å²) in [6.07, 6.45) is 5.49. The Bertz CT molecular complexity index is 4690. The van der Waals surface area contributed by atoms with Gasteiger partial charge in [0.05, 0.1) is 50.2 Å². The van der Waals surface area contributed by atoms with Crippen LogP contribution in [-0.4, -0.2) is 195 Å². The summed E-state index contributed by atoms with van der Waals surface area (Å²) >= 11 is 9.21. The van der Waals surface area contributed by atoms with Crippen LogP contribution in [0, 0.1) is 17.8 Å². The first kappa shape index (κ1) is 82.6. The lowest BCUT2D eigenvalue weighted by molar-refractivity contribution is -0.144. The van der Waals surface area contributed by atoms with Gasteiger partial charge in [-0.05, 0) is 159 Å². The van der Waals surface area contributed by atoms with Gasteiger partial charge in [0.2, 0.25) is 23.6 Å². The van der Waals surface area contributed by atoms with Crippen LogP contribution in [0.3, 0.4) is 0 Å². The number of piperazine rings is 2. The maximum Gasteiger partial charge on any atom is 0.501 e. The number of aliphatic hydroxyl groups excluding tert-OH is 1. The van der Waals surface area contributed by atoms with Gasteiger partial charge in [-0.3, -0.25) is 38.6 Å². The van der Waals surface area contributed by atoms with Crippen molar-refractivity contribution in [2.24, 2.45) is 10.8 Å². The summed E-state index contributed by atoms with van der Waals surface area (Å²) < 4.78 is 102. The van der Waals surface area contributed by atoms with E-state index in [1.165, 1.54) is 39.9 Å². The summed E-state index contributed by atoms with van der Waals surface area (Å²) in [6, 6.07) is 28.1. The van der Waals surface area contributed by atoms with Crippen molar-refractivity contribution < 1.29 is 63.9 Å². The van der Waals surface area contributed by atoms with E-state index in [0.29, 0.717) is 101 Å². The molecule has 22 nitrogen and oxygen atoms in total. The molecule has 1 aromatic heterocycles. The molecule has 1 saturated carbocycles. The molecule has 5 N–H and O–H groups in total. The summed E-state index contributed by atoms with van der Waals surface area (Å²) in [5.41, 5.74) is 2.33. The second-order valence-corrected chi connectivity index (χ2v) is 38.0. The summed E-state index contributed by atoms with van der Waals surface area (Å²) in [5, 5.41) is 20.4. The number of alkyl halides is 3. The largest absolute Gasteiger partial charge is 0.501 e. The van der Waals surface area contributed by atoms with Crippen molar-refractivity contribution in [3.8, 4) is 10.4 Å². The standard InChI is InChI=1S/C81H99ClF3N11O11S4/c1-51(53-18-20-55(21-19-53)73-52(2)86-50-109-73)87-76(101)68-43-61(97)47-95(68)78(103)74(79(3,4)5)89-71(98)16-12-9-13-17-72(99)93-39-36-91(37-40-93)35-33-59(49-108-62-14-10-8-11-15-62)88-65-30-29-63(44-70(65)110(104,105)81(83,84)85)111(106,107)90-75(100)56-24-31-66-67(42-56)96(60-27-28-60)77(102)69-48-92(38-41-94(66)69)46-57-45-80(6,7)34-32-64(57)54-22-25-58(82)26-23-54/h8,10-11,14-15,18-26,29-31,42,44,50-51,59-61,68-69,74,88,97H,9,12-13,16-17,27-28,32-41,43,45-49H2,1-7H3,(H,87,101)(H,89,98)(H,90,100)/t51-,59+,61+,68-,69?,74+/m0/s1. The highest BCUT2D eigenvalue weighted by Gasteiger charge is 2.51. The number of benzene rings is 5. The first-order valence-electron chi connectivity index (χ1n) is 38.1. The van der Waals surface area contributed by atoms with Gasteiger partial charge in [0.25, 0.3) is 31.7 Å². The van der Waals surface area contributed by atoms with Gasteiger partial charge in [0.15, 0.2) is 0 Å². The number of carbonyl (C=O) groups is 6. The van der Waals surface area contributed by atoms with Gasteiger partial charge in [-0.1, -0.05) is 113 Å². The number of allylic oxidation sites excluding steroid dienone is 1. The maximum absolute atomic E-state index is 14.8. The van der Waals surface area contributed by atoms with Crippen molar-refractivity contribution in [1.82, 2.24) is 39.9 Å². The maximum atomic E-state index is 14.8. The predicted octanol–water partition coefficient (Wildman–Crippen LogP) is 12.3. The molecule has 4 aliphatic heterocycles. The zero-order chi connectivity index (χ0) is 79.5. The fourth-order valence-corrected chi connectivity index (χ4v) is 19.6. The molecular weight excluding hydrogens is 1520 g/mol. The van der Waals surface area contributed by atoms with Gasteiger partial charge >= 0.3 is 5.51 Å². The molecule has 596 valence electrons. The average Bonchev–Trinajstić information content (AvgIpc) is 1.57. The van der Waals surface area contributed by atoms with E-state index in [1.807, 2.05) is 111 Å². The number of likely N-dealkylation sites (tertiary alicyclic amines) is 1. The van der Waals surface area contributed by atoms with Gasteiger partial charge < -0.3 is 40.7 Å². The number of halogens is 4. The number of aliphatic hydroxyl groups is 1. The minimum absolute atomic E-state index is 0.0426. The second kappa shape index (κ2) is 34.4. The van der Waals surface area contributed by atoms with Gasteiger partial charge in [0.1, 0.15) is 23.0 Å². The van der Waals surface area contributed by atoms with E-state index in [1.54, 1.807) is 32.7 Å². The Hall–Kier alpha value is -7.90. The van der Waals surface area contributed by atoms with Gasteiger partial charge in [-0.15, -0.1) is 23.1 Å². The first-order valence-corrected chi connectivity index (χ1v) is 43.3. The third kappa shape index (κ3) is 19.8. The summed E-state index contributed by atoms with van der Waals surface area (Å²) in [6.45, 7) is 18.1. The molecule has 3 saturated heterocycles. The topological polar surface area (TPSA) is 271 Å². The minimum atomic E-state index is -6.24. The highest BCUT2D eigenvalue weighted by atomic mass is 35.5. The van der Waals surface area contributed by atoms with Crippen LogP contribution in [0.5, 0.6) is 0 Å². The molecular formula is C81H99ClF3N11O11S4. The van der Waals surface area contributed by atoms with E-state index in [2.05, 4.69) is 56.7 Å². The number of nitrogens with one attached hydrogen (secondary N) is 4. The van der Waals surface area contributed by atoms with Crippen molar-refractivity contribution in [2.45, 2.75) is 188 Å². The molecule has 4 fully saturated rings. The number of hydrogen-bond donors (Lipinski definition) is 5. The van der Waals surface area contributed by atoms with E-state index >= 15 is 0 Å². The number of hydrogen-bond acceptors (Lipinski definition) is 18. The minimum Gasteiger partial charge on any atom is -0.391 e. The van der Waals surface area contributed by atoms with Crippen molar-refractivity contribution in [3.05, 3.63) is 154 Å². The Labute approximate surface area is 661 Å². The Morgan fingerprint density at radius 1 is 0.802 bits per heavy atom.